The van der Waals surface area contributed by atoms with Crippen LogP contribution in [0.3, 0.4) is 0 Å². The summed E-state index contributed by atoms with van der Waals surface area (Å²) in [7, 11) is 1.84. The molecule has 1 atom stereocenters. The Morgan fingerprint density at radius 3 is 2.50 bits per heavy atom. The Kier molecular flexibility index (Phi) is 9.86. The number of hydrogen-bond acceptors (Lipinski definition) is 3. The third-order valence-corrected chi connectivity index (χ3v) is 2.83. The fraction of sp³-hybridized carbons (Fsp3) is 0.533. The molecule has 0 aromatic heterocycles. The van der Waals surface area contributed by atoms with Crippen LogP contribution < -0.4 is 15.4 Å². The number of nitrogens with one attached hydrogen (secondary N) is 2. The molecule has 114 valence electrons. The molecule has 0 aliphatic carbocycles. The number of halogens is 1. The summed E-state index contributed by atoms with van der Waals surface area (Å²) in [4.78, 5) is 11.6. The fourth-order valence-corrected chi connectivity index (χ4v) is 1.71. The average Bonchev–Trinajstić information content (AvgIpc) is 2.43. The lowest BCUT2D eigenvalue weighted by Crippen LogP contribution is -2.29. The normalized spacial score (nSPS) is 11.3. The van der Waals surface area contributed by atoms with Crippen molar-refractivity contribution < 1.29 is 9.53 Å². The van der Waals surface area contributed by atoms with Gasteiger partial charge in [0, 0.05) is 13.0 Å². The molecule has 0 bridgehead atoms. The molecule has 0 saturated carbocycles. The molecule has 1 rings (SSSR count). The highest BCUT2D eigenvalue weighted by Crippen LogP contribution is 2.17. The molecule has 1 aromatic carbocycles. The summed E-state index contributed by atoms with van der Waals surface area (Å²) in [5.74, 6) is 0.937. The number of amides is 1. The molecule has 5 heteroatoms. The first-order valence-electron chi connectivity index (χ1n) is 6.84. The Labute approximate surface area is 127 Å². The van der Waals surface area contributed by atoms with E-state index >= 15 is 0 Å². The van der Waals surface area contributed by atoms with Crippen molar-refractivity contribution in [2.24, 2.45) is 0 Å². The Morgan fingerprint density at radius 1 is 1.30 bits per heavy atom. The van der Waals surface area contributed by atoms with Gasteiger partial charge in [0.15, 0.2) is 0 Å². The highest BCUT2D eigenvalue weighted by atomic mass is 35.5. The van der Waals surface area contributed by atoms with Crippen molar-refractivity contribution >= 4 is 18.3 Å². The fourth-order valence-electron chi connectivity index (χ4n) is 1.71. The quantitative estimate of drug-likeness (QED) is 0.776. The molecule has 0 aliphatic rings. The van der Waals surface area contributed by atoms with E-state index in [-0.39, 0.29) is 24.4 Å². The SMILES string of the molecule is CCCOc1ccc(C(C)NC(=O)CCNC)cc1.Cl. The van der Waals surface area contributed by atoms with Gasteiger partial charge in [-0.3, -0.25) is 4.79 Å². The van der Waals surface area contributed by atoms with Crippen LogP contribution in [0.5, 0.6) is 5.75 Å². The van der Waals surface area contributed by atoms with Crippen molar-refractivity contribution in [3.8, 4) is 5.75 Å². The van der Waals surface area contributed by atoms with Gasteiger partial charge in [-0.1, -0.05) is 19.1 Å². The maximum absolute atomic E-state index is 11.6. The smallest absolute Gasteiger partial charge is 0.221 e. The molecule has 20 heavy (non-hydrogen) atoms. The van der Waals surface area contributed by atoms with Gasteiger partial charge in [-0.25, -0.2) is 0 Å². The van der Waals surface area contributed by atoms with E-state index in [0.717, 1.165) is 24.3 Å². The summed E-state index contributed by atoms with van der Waals surface area (Å²) < 4.78 is 5.53. The molecule has 0 spiro atoms. The first kappa shape index (κ1) is 18.7. The van der Waals surface area contributed by atoms with E-state index < -0.39 is 0 Å². The molecule has 2 N–H and O–H groups in total. The minimum absolute atomic E-state index is 0. The van der Waals surface area contributed by atoms with Gasteiger partial charge in [0.25, 0.3) is 0 Å². The van der Waals surface area contributed by atoms with Crippen LogP contribution in [-0.2, 0) is 4.79 Å². The van der Waals surface area contributed by atoms with Crippen LogP contribution >= 0.6 is 12.4 Å². The van der Waals surface area contributed by atoms with Crippen molar-refractivity contribution in [1.82, 2.24) is 10.6 Å². The lowest BCUT2D eigenvalue weighted by Gasteiger charge is -2.15. The maximum Gasteiger partial charge on any atom is 0.221 e. The van der Waals surface area contributed by atoms with Crippen LogP contribution in [0.15, 0.2) is 24.3 Å². The summed E-state index contributed by atoms with van der Waals surface area (Å²) in [6.07, 6.45) is 1.50. The second-order valence-corrected chi connectivity index (χ2v) is 4.56. The summed E-state index contributed by atoms with van der Waals surface area (Å²) in [5.41, 5.74) is 1.08. The summed E-state index contributed by atoms with van der Waals surface area (Å²) in [6.45, 7) is 5.49. The number of benzene rings is 1. The first-order valence-corrected chi connectivity index (χ1v) is 6.84. The van der Waals surface area contributed by atoms with Crippen LogP contribution in [0, 0.1) is 0 Å². The third kappa shape index (κ3) is 6.78. The Balaban J connectivity index is 0.00000361. The van der Waals surface area contributed by atoms with Crippen LogP contribution in [0.1, 0.15) is 38.3 Å². The van der Waals surface area contributed by atoms with Gasteiger partial charge >= 0.3 is 0 Å². The molecular formula is C15H25ClN2O2. The highest BCUT2D eigenvalue weighted by molar-refractivity contribution is 5.85. The molecule has 0 heterocycles. The Bertz CT molecular complexity index is 382. The zero-order chi connectivity index (χ0) is 14.1. The van der Waals surface area contributed by atoms with E-state index in [4.69, 9.17) is 4.74 Å². The maximum atomic E-state index is 11.6. The van der Waals surface area contributed by atoms with Gasteiger partial charge in [0.2, 0.25) is 5.91 Å². The van der Waals surface area contributed by atoms with E-state index in [0.29, 0.717) is 13.0 Å². The van der Waals surface area contributed by atoms with Gasteiger partial charge in [0.1, 0.15) is 5.75 Å². The summed E-state index contributed by atoms with van der Waals surface area (Å²) in [5, 5.41) is 5.94. The number of carbonyl (C=O) groups excluding carboxylic acids is 1. The van der Waals surface area contributed by atoms with Crippen molar-refractivity contribution in [1.29, 1.82) is 0 Å². The number of ether oxygens (including phenoxy) is 1. The zero-order valence-corrected chi connectivity index (χ0v) is 13.3. The summed E-state index contributed by atoms with van der Waals surface area (Å²) in [6, 6.07) is 7.90. The number of carbonyl (C=O) groups is 1. The topological polar surface area (TPSA) is 50.4 Å². The predicted molar refractivity (Wildman–Crippen MR) is 84.6 cm³/mol. The molecule has 1 unspecified atom stereocenters. The standard InChI is InChI=1S/C15H24N2O2.ClH/c1-4-11-19-14-7-5-13(6-8-14)12(2)17-15(18)9-10-16-3;/h5-8,12,16H,4,9-11H2,1-3H3,(H,17,18);1H. The van der Waals surface area contributed by atoms with E-state index in [2.05, 4.69) is 17.6 Å². The van der Waals surface area contributed by atoms with Gasteiger partial charge in [-0.05, 0) is 38.1 Å². The van der Waals surface area contributed by atoms with Crippen LogP contribution in [0.25, 0.3) is 0 Å². The monoisotopic (exact) mass is 300 g/mol. The molecule has 1 amide bonds. The van der Waals surface area contributed by atoms with Crippen LogP contribution in [-0.4, -0.2) is 26.1 Å². The number of rotatable bonds is 8. The van der Waals surface area contributed by atoms with Crippen molar-refractivity contribution in [2.45, 2.75) is 32.7 Å². The molecule has 1 aromatic rings. The largest absolute Gasteiger partial charge is 0.494 e. The second-order valence-electron chi connectivity index (χ2n) is 4.56. The lowest BCUT2D eigenvalue weighted by atomic mass is 10.1. The predicted octanol–water partition coefficient (Wildman–Crippen LogP) is 2.68. The molecular weight excluding hydrogens is 276 g/mol. The molecule has 0 aliphatic heterocycles. The van der Waals surface area contributed by atoms with E-state index in [9.17, 15) is 4.79 Å². The average molecular weight is 301 g/mol. The van der Waals surface area contributed by atoms with Crippen LogP contribution in [0.2, 0.25) is 0 Å². The van der Waals surface area contributed by atoms with Gasteiger partial charge < -0.3 is 15.4 Å². The van der Waals surface area contributed by atoms with Crippen LogP contribution in [0.4, 0.5) is 0 Å². The van der Waals surface area contributed by atoms with Gasteiger partial charge in [0.05, 0.1) is 12.6 Å². The Morgan fingerprint density at radius 2 is 1.95 bits per heavy atom. The Hall–Kier alpha value is -1.26. The highest BCUT2D eigenvalue weighted by Gasteiger charge is 2.09. The van der Waals surface area contributed by atoms with Gasteiger partial charge in [-0.15, -0.1) is 12.4 Å². The molecule has 0 radical (unpaired) electrons. The van der Waals surface area contributed by atoms with Gasteiger partial charge in [-0.2, -0.15) is 0 Å². The third-order valence-electron chi connectivity index (χ3n) is 2.83. The molecule has 0 fully saturated rings. The van der Waals surface area contributed by atoms with Crippen molar-refractivity contribution in [2.75, 3.05) is 20.2 Å². The van der Waals surface area contributed by atoms with Crippen molar-refractivity contribution in [3.63, 3.8) is 0 Å². The molecule has 0 saturated heterocycles. The van der Waals surface area contributed by atoms with E-state index in [1.807, 2.05) is 38.2 Å². The molecule has 4 nitrogen and oxygen atoms in total. The second kappa shape index (κ2) is 10.5. The van der Waals surface area contributed by atoms with Crippen molar-refractivity contribution in [3.05, 3.63) is 29.8 Å². The minimum Gasteiger partial charge on any atom is -0.494 e. The number of hydrogen-bond donors (Lipinski definition) is 2. The first-order chi connectivity index (χ1) is 9.17. The minimum atomic E-state index is 0. The zero-order valence-electron chi connectivity index (χ0n) is 12.4. The lowest BCUT2D eigenvalue weighted by molar-refractivity contribution is -0.121. The van der Waals surface area contributed by atoms with E-state index in [1.165, 1.54) is 0 Å². The summed E-state index contributed by atoms with van der Waals surface area (Å²) >= 11 is 0. The van der Waals surface area contributed by atoms with E-state index in [1.54, 1.807) is 0 Å².